The van der Waals surface area contributed by atoms with Gasteiger partial charge in [0.25, 0.3) is 5.91 Å². The number of hydrogen-bond acceptors (Lipinski definition) is 7. The maximum atomic E-state index is 12.4. The molecule has 28 heavy (non-hydrogen) atoms. The Kier molecular flexibility index (Phi) is 5.42. The van der Waals surface area contributed by atoms with Crippen molar-refractivity contribution in [2.75, 3.05) is 6.54 Å². The van der Waals surface area contributed by atoms with Crippen molar-refractivity contribution < 1.29 is 19.8 Å². The molecule has 3 heterocycles. The lowest BCUT2D eigenvalue weighted by molar-refractivity contribution is 0.0903. The molecule has 2 aliphatic rings. The Morgan fingerprint density at radius 1 is 1.43 bits per heavy atom. The quantitative estimate of drug-likeness (QED) is 0.669. The Hall–Kier alpha value is -1.94. The van der Waals surface area contributed by atoms with E-state index in [1.165, 1.54) is 0 Å². The van der Waals surface area contributed by atoms with Crippen LogP contribution in [0.5, 0.6) is 0 Å². The summed E-state index contributed by atoms with van der Waals surface area (Å²) in [5.41, 5.74) is 1.11. The van der Waals surface area contributed by atoms with Gasteiger partial charge in [-0.1, -0.05) is 11.2 Å². The Morgan fingerprint density at radius 2 is 2.25 bits per heavy atom. The first-order valence-electron chi connectivity index (χ1n) is 9.61. The van der Waals surface area contributed by atoms with Gasteiger partial charge in [-0.15, -0.1) is 10.8 Å². The molecule has 3 N–H and O–H groups in total. The second-order valence-corrected chi connectivity index (χ2v) is 9.73. The van der Waals surface area contributed by atoms with Crippen molar-refractivity contribution in [3.05, 3.63) is 47.6 Å². The number of carbonyl (C=O) groups excluding carboxylic acids is 1. The number of pyridine rings is 1. The first kappa shape index (κ1) is 19.4. The summed E-state index contributed by atoms with van der Waals surface area (Å²) in [6, 6.07) is 5.26. The van der Waals surface area contributed by atoms with Crippen LogP contribution in [-0.4, -0.2) is 48.1 Å². The van der Waals surface area contributed by atoms with Crippen LogP contribution in [0.4, 0.5) is 0 Å². The molecule has 1 aliphatic carbocycles. The lowest BCUT2D eigenvalue weighted by atomic mass is 10.0. The largest absolute Gasteiger partial charge is 0.360 e. The molecule has 0 unspecified atom stereocenters. The van der Waals surface area contributed by atoms with Crippen molar-refractivity contribution in [1.82, 2.24) is 19.8 Å². The molecular formula is C19H28N4O4S. The fourth-order valence-corrected chi connectivity index (χ4v) is 5.57. The monoisotopic (exact) mass is 408 g/mol. The van der Waals surface area contributed by atoms with Gasteiger partial charge in [-0.2, -0.15) is 0 Å². The SMILES string of the molecule is C[C@H]1C[C@@H](NC(=O)c2cc(C3CC3)on2)CCN1S(O)(O)Cc1cccnc1.[HH]. The molecule has 1 aliphatic heterocycles. The van der Waals surface area contributed by atoms with E-state index in [0.717, 1.165) is 24.2 Å². The molecule has 1 saturated carbocycles. The summed E-state index contributed by atoms with van der Waals surface area (Å²) in [4.78, 5) is 16.5. The van der Waals surface area contributed by atoms with E-state index in [4.69, 9.17) is 4.52 Å². The number of amides is 1. The topological polar surface area (TPSA) is 112 Å². The van der Waals surface area contributed by atoms with Gasteiger partial charge in [-0.25, -0.2) is 4.31 Å². The zero-order valence-corrected chi connectivity index (χ0v) is 16.6. The first-order chi connectivity index (χ1) is 13.4. The molecule has 0 spiro atoms. The van der Waals surface area contributed by atoms with E-state index in [0.29, 0.717) is 31.0 Å². The summed E-state index contributed by atoms with van der Waals surface area (Å²) in [5.74, 6) is 1.13. The highest BCUT2D eigenvalue weighted by molar-refractivity contribution is 8.21. The first-order valence-corrected chi connectivity index (χ1v) is 11.3. The van der Waals surface area contributed by atoms with Crippen molar-refractivity contribution in [1.29, 1.82) is 0 Å². The van der Waals surface area contributed by atoms with Crippen LogP contribution in [0.1, 0.15) is 61.8 Å². The number of rotatable bonds is 6. The molecule has 0 aromatic carbocycles. The lowest BCUT2D eigenvalue weighted by Crippen LogP contribution is -2.49. The van der Waals surface area contributed by atoms with Crippen LogP contribution in [0.15, 0.2) is 35.1 Å². The molecule has 2 aromatic rings. The van der Waals surface area contributed by atoms with Gasteiger partial charge in [-0.05, 0) is 44.2 Å². The number of aromatic nitrogens is 2. The highest BCUT2D eigenvalue weighted by atomic mass is 32.3. The average molecular weight is 409 g/mol. The average Bonchev–Trinajstić information content (AvgIpc) is 3.38. The molecule has 1 saturated heterocycles. The lowest BCUT2D eigenvalue weighted by Gasteiger charge is -2.49. The van der Waals surface area contributed by atoms with Crippen LogP contribution < -0.4 is 5.32 Å². The third-order valence-electron chi connectivity index (χ3n) is 5.35. The third-order valence-corrected chi connectivity index (χ3v) is 7.36. The number of hydrogen-bond donors (Lipinski definition) is 3. The minimum atomic E-state index is -2.94. The molecule has 0 radical (unpaired) electrons. The Morgan fingerprint density at radius 3 is 2.93 bits per heavy atom. The summed E-state index contributed by atoms with van der Waals surface area (Å²) in [6.07, 6.45) is 6.79. The number of carbonyl (C=O) groups is 1. The smallest absolute Gasteiger partial charge is 0.273 e. The molecular weight excluding hydrogens is 380 g/mol. The van der Waals surface area contributed by atoms with E-state index in [9.17, 15) is 13.9 Å². The predicted molar refractivity (Wildman–Crippen MR) is 108 cm³/mol. The van der Waals surface area contributed by atoms with Crippen LogP contribution in [0, 0.1) is 0 Å². The van der Waals surface area contributed by atoms with Gasteiger partial charge < -0.3 is 9.84 Å². The minimum Gasteiger partial charge on any atom is -0.360 e. The zero-order valence-electron chi connectivity index (χ0n) is 15.8. The van der Waals surface area contributed by atoms with Gasteiger partial charge in [0.1, 0.15) is 5.76 Å². The van der Waals surface area contributed by atoms with Gasteiger partial charge in [-0.3, -0.25) is 18.9 Å². The van der Waals surface area contributed by atoms with Gasteiger partial charge in [0, 0.05) is 44.4 Å². The molecule has 4 rings (SSSR count). The number of piperidine rings is 1. The van der Waals surface area contributed by atoms with E-state index in [1.54, 1.807) is 28.8 Å². The third kappa shape index (κ3) is 4.38. The van der Waals surface area contributed by atoms with Crippen molar-refractivity contribution in [3.8, 4) is 0 Å². The molecule has 2 aromatic heterocycles. The van der Waals surface area contributed by atoms with E-state index < -0.39 is 10.8 Å². The van der Waals surface area contributed by atoms with Gasteiger partial charge in [0.2, 0.25) is 0 Å². The van der Waals surface area contributed by atoms with Crippen LogP contribution in [0.3, 0.4) is 0 Å². The van der Waals surface area contributed by atoms with Crippen LogP contribution in [0.25, 0.3) is 0 Å². The zero-order chi connectivity index (χ0) is 19.7. The van der Waals surface area contributed by atoms with E-state index in [-0.39, 0.29) is 25.2 Å². The fourth-order valence-electron chi connectivity index (χ4n) is 3.72. The molecule has 8 nitrogen and oxygen atoms in total. The van der Waals surface area contributed by atoms with Crippen molar-refractivity contribution in [2.45, 2.75) is 56.4 Å². The molecule has 154 valence electrons. The summed E-state index contributed by atoms with van der Waals surface area (Å²) in [5, 5.41) is 6.89. The normalized spacial score (nSPS) is 24.1. The van der Waals surface area contributed by atoms with E-state index >= 15 is 0 Å². The number of nitrogens with zero attached hydrogens (tertiary/aromatic N) is 3. The maximum Gasteiger partial charge on any atom is 0.273 e. The van der Waals surface area contributed by atoms with Gasteiger partial charge >= 0.3 is 0 Å². The predicted octanol–water partition coefficient (Wildman–Crippen LogP) is 3.64. The minimum absolute atomic E-state index is 0. The van der Waals surface area contributed by atoms with Gasteiger partial charge in [0.05, 0.1) is 5.75 Å². The van der Waals surface area contributed by atoms with Gasteiger partial charge in [0.15, 0.2) is 5.69 Å². The summed E-state index contributed by atoms with van der Waals surface area (Å²) in [6.45, 7) is 2.46. The van der Waals surface area contributed by atoms with E-state index in [1.807, 2.05) is 13.0 Å². The summed E-state index contributed by atoms with van der Waals surface area (Å²) in [7, 11) is -2.94. The summed E-state index contributed by atoms with van der Waals surface area (Å²) >= 11 is 0. The highest BCUT2D eigenvalue weighted by Crippen LogP contribution is 2.49. The standard InChI is InChI=1S/C19H26N4O4S.H2/c1-13-9-16(21-19(24)17-10-18(27-22-17)15-4-5-15)6-8-23(13)28(25,26)12-14-3-2-7-20-11-14;/h2-3,7,10-11,13,15-16,25-26H,4-6,8-9,12H2,1H3,(H,21,24);1H/t13-,16-;/m0./s1. The van der Waals surface area contributed by atoms with E-state index in [2.05, 4.69) is 15.5 Å². The van der Waals surface area contributed by atoms with Crippen LogP contribution in [0.2, 0.25) is 0 Å². The van der Waals surface area contributed by atoms with Crippen LogP contribution >= 0.6 is 10.8 Å². The second-order valence-electron chi connectivity index (χ2n) is 7.71. The Labute approximate surface area is 167 Å². The molecule has 9 heteroatoms. The Bertz CT molecular complexity index is 831. The highest BCUT2D eigenvalue weighted by Gasteiger charge is 2.35. The van der Waals surface area contributed by atoms with Crippen LogP contribution in [-0.2, 0) is 5.75 Å². The maximum absolute atomic E-state index is 12.4. The molecule has 2 atom stereocenters. The molecule has 2 fully saturated rings. The van der Waals surface area contributed by atoms with Crippen molar-refractivity contribution >= 4 is 16.7 Å². The molecule has 1 amide bonds. The second kappa shape index (κ2) is 7.82. The Balaban J connectivity index is 0.00000240. The summed E-state index contributed by atoms with van der Waals surface area (Å²) < 4.78 is 28.4. The number of nitrogens with one attached hydrogen (secondary N) is 1. The fraction of sp³-hybridized carbons (Fsp3) is 0.526. The van der Waals surface area contributed by atoms with Crippen molar-refractivity contribution in [2.24, 2.45) is 0 Å². The van der Waals surface area contributed by atoms with Crippen molar-refractivity contribution in [3.63, 3.8) is 0 Å². The molecule has 0 bridgehead atoms.